The molecule has 0 spiro atoms. The van der Waals surface area contributed by atoms with Gasteiger partial charge in [-0.1, -0.05) is 0 Å². The number of nitrogens with one attached hydrogen (secondary N) is 1. The molecule has 1 radical (unpaired) electrons. The van der Waals surface area contributed by atoms with E-state index in [4.69, 9.17) is 9.84 Å². The summed E-state index contributed by atoms with van der Waals surface area (Å²) in [7, 11) is 0. The Kier molecular flexibility index (Phi) is 1.95. The fourth-order valence-electron chi connectivity index (χ4n) is 2.42. The Balaban J connectivity index is 1.94. The van der Waals surface area contributed by atoms with Gasteiger partial charge in [0.2, 0.25) is 0 Å². The highest BCUT2D eigenvalue weighted by atomic mass is 16.5. The highest BCUT2D eigenvalue weighted by molar-refractivity contribution is 5.74. The number of rotatable bonds is 2. The van der Waals surface area contributed by atoms with E-state index in [1.54, 1.807) is 12.3 Å². The number of carboxylic acid groups (broad SMARTS) is 1. The summed E-state index contributed by atoms with van der Waals surface area (Å²) in [6, 6.07) is 1.61. The number of carbonyl (C=O) groups is 1. The first-order valence-electron chi connectivity index (χ1n) is 5.05. The van der Waals surface area contributed by atoms with E-state index in [1.807, 2.05) is 0 Å². The van der Waals surface area contributed by atoms with Gasteiger partial charge in [0.1, 0.15) is 5.60 Å². The van der Waals surface area contributed by atoms with E-state index in [1.165, 1.54) is 0 Å². The summed E-state index contributed by atoms with van der Waals surface area (Å²) in [4.78, 5) is 18.7. The van der Waals surface area contributed by atoms with E-state index in [0.717, 1.165) is 0 Å². The summed E-state index contributed by atoms with van der Waals surface area (Å²) in [5.74, 6) is -0.933. The minimum atomic E-state index is -0.933. The van der Waals surface area contributed by atoms with Crippen LogP contribution < -0.4 is 5.32 Å². The largest absolute Gasteiger partial charge is 0.479 e. The molecule has 16 heavy (non-hydrogen) atoms. The molecule has 2 aliphatic rings. The van der Waals surface area contributed by atoms with Crippen molar-refractivity contribution in [2.24, 2.45) is 0 Å². The highest BCUT2D eigenvalue weighted by Crippen LogP contribution is 2.42. The zero-order valence-electron chi connectivity index (χ0n) is 8.38. The molecule has 6 nitrogen and oxygen atoms in total. The molecule has 83 valence electrons. The van der Waals surface area contributed by atoms with Crippen molar-refractivity contribution >= 4 is 5.97 Å². The summed E-state index contributed by atoms with van der Waals surface area (Å²) < 4.78 is 5.62. The van der Waals surface area contributed by atoms with E-state index in [9.17, 15) is 4.79 Å². The van der Waals surface area contributed by atoms with Gasteiger partial charge in [0.25, 0.3) is 0 Å². The lowest BCUT2D eigenvalue weighted by atomic mass is 9.98. The highest BCUT2D eigenvalue weighted by Gasteiger charge is 2.56. The molecule has 0 amide bonds. The molecule has 1 aromatic rings. The van der Waals surface area contributed by atoms with Gasteiger partial charge in [-0.15, -0.1) is 0 Å². The van der Waals surface area contributed by atoms with Crippen LogP contribution in [0.3, 0.4) is 0 Å². The Morgan fingerprint density at radius 1 is 1.75 bits per heavy atom. The van der Waals surface area contributed by atoms with Gasteiger partial charge in [-0.3, -0.25) is 0 Å². The van der Waals surface area contributed by atoms with Gasteiger partial charge in [-0.05, 0) is 6.07 Å². The molecule has 2 bridgehead atoms. The van der Waals surface area contributed by atoms with Crippen LogP contribution in [0.1, 0.15) is 12.1 Å². The van der Waals surface area contributed by atoms with Gasteiger partial charge in [-0.25, -0.2) is 14.8 Å². The first kappa shape index (κ1) is 9.68. The van der Waals surface area contributed by atoms with Crippen molar-refractivity contribution in [2.75, 3.05) is 6.54 Å². The van der Waals surface area contributed by atoms with Crippen molar-refractivity contribution in [1.82, 2.24) is 15.3 Å². The third-order valence-electron chi connectivity index (χ3n) is 3.16. The summed E-state index contributed by atoms with van der Waals surface area (Å²) in [6.45, 7) is 0.590. The molecule has 2 fully saturated rings. The molecule has 2 saturated heterocycles. The molecule has 0 saturated carbocycles. The van der Waals surface area contributed by atoms with Gasteiger partial charge in [0, 0.05) is 25.2 Å². The van der Waals surface area contributed by atoms with E-state index in [-0.39, 0.29) is 6.04 Å². The number of ether oxygens (including phenoxy) is 1. The van der Waals surface area contributed by atoms with E-state index in [0.29, 0.717) is 18.7 Å². The lowest BCUT2D eigenvalue weighted by molar-refractivity contribution is -0.159. The van der Waals surface area contributed by atoms with Gasteiger partial charge in [0.05, 0.1) is 5.69 Å². The molecule has 2 aliphatic heterocycles. The number of aromatic nitrogens is 2. The minimum Gasteiger partial charge on any atom is -0.479 e. The molecular formula is C10H10N3O3. The summed E-state index contributed by atoms with van der Waals surface area (Å²) in [5, 5.41) is 12.1. The van der Waals surface area contributed by atoms with E-state index >= 15 is 0 Å². The second-order valence-electron chi connectivity index (χ2n) is 4.10. The third-order valence-corrected chi connectivity index (χ3v) is 3.16. The van der Waals surface area contributed by atoms with Crippen molar-refractivity contribution in [3.8, 4) is 0 Å². The maximum absolute atomic E-state index is 11.0. The van der Waals surface area contributed by atoms with Gasteiger partial charge in [-0.2, -0.15) is 0 Å². The molecular weight excluding hydrogens is 210 g/mol. The molecule has 2 N–H and O–H groups in total. The fraction of sp³-hybridized carbons (Fsp3) is 0.500. The Morgan fingerprint density at radius 3 is 3.25 bits per heavy atom. The molecule has 0 aromatic carbocycles. The molecule has 3 atom stereocenters. The average Bonchev–Trinajstić information content (AvgIpc) is 2.89. The van der Waals surface area contributed by atoms with Crippen LogP contribution in [-0.4, -0.2) is 39.7 Å². The number of aliphatic carboxylic acids is 1. The number of nitrogens with zero attached hydrogens (tertiary/aromatic N) is 2. The zero-order chi connectivity index (χ0) is 11.2. The van der Waals surface area contributed by atoms with Crippen LogP contribution >= 0.6 is 0 Å². The maximum atomic E-state index is 11.0. The SMILES string of the molecule is O=C(O)C1OC2(c3ccn[c]n3)CNC1C2. The van der Waals surface area contributed by atoms with Crippen LogP contribution in [0.25, 0.3) is 0 Å². The lowest BCUT2D eigenvalue weighted by Gasteiger charge is -2.28. The summed E-state index contributed by atoms with van der Waals surface area (Å²) >= 11 is 0. The standard InChI is InChI=1S/C10H10N3O3/c14-9(15)8-6-3-10(16-8,4-12-6)7-1-2-11-5-13-7/h1-2,6,8,12H,3-4H2,(H,14,15). The molecule has 3 heterocycles. The number of morpholine rings is 1. The Bertz CT molecular complexity index is 425. The van der Waals surface area contributed by atoms with Crippen molar-refractivity contribution in [3.63, 3.8) is 0 Å². The van der Waals surface area contributed by atoms with E-state index < -0.39 is 17.7 Å². The Morgan fingerprint density at radius 2 is 2.62 bits per heavy atom. The number of carboxylic acids is 1. The Labute approximate surface area is 91.7 Å². The number of hydrogen-bond acceptors (Lipinski definition) is 5. The zero-order valence-corrected chi connectivity index (χ0v) is 8.38. The number of hydrogen-bond donors (Lipinski definition) is 2. The summed E-state index contributed by atoms with van der Waals surface area (Å²) in [6.07, 6.45) is 3.94. The fourth-order valence-corrected chi connectivity index (χ4v) is 2.42. The topological polar surface area (TPSA) is 84.3 Å². The second-order valence-corrected chi connectivity index (χ2v) is 4.10. The minimum absolute atomic E-state index is 0.132. The first-order chi connectivity index (χ1) is 7.71. The van der Waals surface area contributed by atoms with Crippen LogP contribution in [0.5, 0.6) is 0 Å². The van der Waals surface area contributed by atoms with Crippen molar-refractivity contribution in [3.05, 3.63) is 24.3 Å². The summed E-state index contributed by atoms with van der Waals surface area (Å²) in [5.41, 5.74) is 0.0777. The Hall–Kier alpha value is -1.53. The van der Waals surface area contributed by atoms with Crippen molar-refractivity contribution < 1.29 is 14.6 Å². The molecule has 0 aliphatic carbocycles. The first-order valence-corrected chi connectivity index (χ1v) is 5.05. The predicted molar refractivity (Wildman–Crippen MR) is 51.5 cm³/mol. The van der Waals surface area contributed by atoms with Crippen LogP contribution in [0.2, 0.25) is 0 Å². The monoisotopic (exact) mass is 220 g/mol. The molecule has 3 rings (SSSR count). The molecule has 6 heteroatoms. The average molecular weight is 220 g/mol. The van der Waals surface area contributed by atoms with Gasteiger partial charge < -0.3 is 15.2 Å². The van der Waals surface area contributed by atoms with Crippen LogP contribution in [0.4, 0.5) is 0 Å². The maximum Gasteiger partial charge on any atom is 0.334 e. The normalized spacial score (nSPS) is 36.5. The van der Waals surface area contributed by atoms with Gasteiger partial charge in [0.15, 0.2) is 12.4 Å². The van der Waals surface area contributed by atoms with E-state index in [2.05, 4.69) is 21.6 Å². The smallest absolute Gasteiger partial charge is 0.334 e. The number of fused-ring (bicyclic) bond motifs is 2. The lowest BCUT2D eigenvalue weighted by Crippen LogP contribution is -2.47. The third kappa shape index (κ3) is 1.23. The molecule has 1 aromatic heterocycles. The molecule has 3 unspecified atom stereocenters. The predicted octanol–water partition coefficient (Wildman–Crippen LogP) is -0.683. The van der Waals surface area contributed by atoms with Crippen molar-refractivity contribution in [2.45, 2.75) is 24.2 Å². The van der Waals surface area contributed by atoms with Gasteiger partial charge >= 0.3 is 5.97 Å². The van der Waals surface area contributed by atoms with Crippen LogP contribution in [0.15, 0.2) is 12.3 Å². The second kappa shape index (κ2) is 3.23. The van der Waals surface area contributed by atoms with Crippen molar-refractivity contribution in [1.29, 1.82) is 0 Å². The quantitative estimate of drug-likeness (QED) is 0.686. The van der Waals surface area contributed by atoms with Crippen LogP contribution in [0, 0.1) is 6.33 Å². The van der Waals surface area contributed by atoms with Crippen LogP contribution in [-0.2, 0) is 15.1 Å².